The second-order valence-corrected chi connectivity index (χ2v) is 4.42. The summed E-state index contributed by atoms with van der Waals surface area (Å²) in [5.41, 5.74) is 6.10. The van der Waals surface area contributed by atoms with E-state index in [1.807, 2.05) is 30.3 Å². The summed E-state index contributed by atoms with van der Waals surface area (Å²) >= 11 is 10.7. The van der Waals surface area contributed by atoms with Crippen molar-refractivity contribution in [3.05, 3.63) is 53.6 Å². The smallest absolute Gasteiger partial charge is 0.168 e. The minimum absolute atomic E-state index is 0.162. The van der Waals surface area contributed by atoms with Crippen LogP contribution in [0.1, 0.15) is 0 Å². The molecule has 0 aromatic heterocycles. The zero-order chi connectivity index (χ0) is 13.0. The zero-order valence-corrected chi connectivity index (χ0v) is 11.0. The first kappa shape index (κ1) is 12.7. The van der Waals surface area contributed by atoms with Gasteiger partial charge in [-0.25, -0.2) is 0 Å². The number of nitrogens with one attached hydrogen (secondary N) is 1. The van der Waals surface area contributed by atoms with Crippen molar-refractivity contribution in [2.24, 2.45) is 5.73 Å². The molecule has 0 heterocycles. The van der Waals surface area contributed by atoms with E-state index in [2.05, 4.69) is 5.32 Å². The quantitative estimate of drug-likeness (QED) is 0.839. The lowest BCUT2D eigenvalue weighted by atomic mass is 10.3. The van der Waals surface area contributed by atoms with E-state index < -0.39 is 0 Å². The third-order valence-electron chi connectivity index (χ3n) is 2.17. The molecule has 18 heavy (non-hydrogen) atoms. The Morgan fingerprint density at radius 1 is 1.17 bits per heavy atom. The van der Waals surface area contributed by atoms with Gasteiger partial charge in [0.05, 0.1) is 5.69 Å². The van der Waals surface area contributed by atoms with Crippen LogP contribution in [0.25, 0.3) is 0 Å². The SMILES string of the molecule is NC(=S)Nc1cc(Cl)ccc1Oc1ccccc1. The fourth-order valence-corrected chi connectivity index (χ4v) is 1.72. The summed E-state index contributed by atoms with van der Waals surface area (Å²) < 4.78 is 5.73. The van der Waals surface area contributed by atoms with Gasteiger partial charge in [-0.05, 0) is 42.5 Å². The summed E-state index contributed by atoms with van der Waals surface area (Å²) in [6.45, 7) is 0. The third kappa shape index (κ3) is 3.35. The van der Waals surface area contributed by atoms with Crippen LogP contribution in [0.5, 0.6) is 11.5 Å². The maximum atomic E-state index is 5.92. The molecule has 0 atom stereocenters. The normalized spacial score (nSPS) is 9.83. The van der Waals surface area contributed by atoms with E-state index in [9.17, 15) is 0 Å². The molecule has 0 radical (unpaired) electrons. The Morgan fingerprint density at radius 3 is 2.56 bits per heavy atom. The molecule has 2 aromatic carbocycles. The summed E-state index contributed by atoms with van der Waals surface area (Å²) in [7, 11) is 0. The lowest BCUT2D eigenvalue weighted by Gasteiger charge is -2.12. The lowest BCUT2D eigenvalue weighted by Crippen LogP contribution is -2.19. The number of ether oxygens (including phenoxy) is 1. The van der Waals surface area contributed by atoms with Crippen LogP contribution >= 0.6 is 23.8 Å². The van der Waals surface area contributed by atoms with E-state index in [0.717, 1.165) is 5.75 Å². The Bertz CT molecular complexity index is 560. The van der Waals surface area contributed by atoms with Crippen LogP contribution in [0.4, 0.5) is 5.69 Å². The Labute approximate surface area is 116 Å². The van der Waals surface area contributed by atoms with Crippen molar-refractivity contribution in [3.63, 3.8) is 0 Å². The maximum absolute atomic E-state index is 5.92. The molecule has 0 aliphatic rings. The number of halogens is 1. The Hall–Kier alpha value is -1.78. The molecular formula is C13H11ClN2OS. The molecule has 0 spiro atoms. The van der Waals surface area contributed by atoms with E-state index in [1.165, 1.54) is 0 Å². The van der Waals surface area contributed by atoms with Gasteiger partial charge in [0.25, 0.3) is 0 Å². The van der Waals surface area contributed by atoms with Crippen molar-refractivity contribution >= 4 is 34.6 Å². The molecule has 5 heteroatoms. The molecule has 0 aliphatic heterocycles. The highest BCUT2D eigenvalue weighted by Gasteiger charge is 2.06. The Morgan fingerprint density at radius 2 is 1.89 bits per heavy atom. The molecular weight excluding hydrogens is 268 g/mol. The van der Waals surface area contributed by atoms with Crippen molar-refractivity contribution in [2.75, 3.05) is 5.32 Å². The van der Waals surface area contributed by atoms with E-state index in [4.69, 9.17) is 34.3 Å². The standard InChI is InChI=1S/C13H11ClN2OS/c14-9-6-7-12(11(8-9)16-13(15)18)17-10-4-2-1-3-5-10/h1-8H,(H3,15,16,18). The average molecular weight is 279 g/mol. The zero-order valence-electron chi connectivity index (χ0n) is 9.39. The predicted molar refractivity (Wildman–Crippen MR) is 78.4 cm³/mol. The average Bonchev–Trinajstić information content (AvgIpc) is 2.33. The van der Waals surface area contributed by atoms with Gasteiger partial charge in [0.2, 0.25) is 0 Å². The second kappa shape index (κ2) is 5.71. The number of anilines is 1. The van der Waals surface area contributed by atoms with E-state index in [1.54, 1.807) is 18.2 Å². The van der Waals surface area contributed by atoms with Gasteiger partial charge < -0.3 is 15.8 Å². The molecule has 92 valence electrons. The predicted octanol–water partition coefficient (Wildman–Crippen LogP) is 3.79. The number of para-hydroxylation sites is 1. The summed E-state index contributed by atoms with van der Waals surface area (Å²) in [6.07, 6.45) is 0. The molecule has 3 nitrogen and oxygen atoms in total. The summed E-state index contributed by atoms with van der Waals surface area (Å²) in [6, 6.07) is 14.6. The molecule has 0 fully saturated rings. The van der Waals surface area contributed by atoms with Gasteiger partial charge in [-0.3, -0.25) is 0 Å². The third-order valence-corrected chi connectivity index (χ3v) is 2.51. The van der Waals surface area contributed by atoms with Gasteiger partial charge in [-0.2, -0.15) is 0 Å². The van der Waals surface area contributed by atoms with E-state index in [0.29, 0.717) is 16.5 Å². The molecule has 2 aromatic rings. The van der Waals surface area contributed by atoms with E-state index >= 15 is 0 Å². The molecule has 0 aliphatic carbocycles. The van der Waals surface area contributed by atoms with Gasteiger partial charge in [0.15, 0.2) is 10.9 Å². The lowest BCUT2D eigenvalue weighted by molar-refractivity contribution is 0.485. The van der Waals surface area contributed by atoms with Crippen LogP contribution in [-0.2, 0) is 0 Å². The molecule has 0 amide bonds. The molecule has 0 saturated carbocycles. The van der Waals surface area contributed by atoms with Gasteiger partial charge >= 0.3 is 0 Å². The highest BCUT2D eigenvalue weighted by Crippen LogP contribution is 2.31. The van der Waals surface area contributed by atoms with Crippen LogP contribution in [0.3, 0.4) is 0 Å². The molecule has 2 rings (SSSR count). The summed E-state index contributed by atoms with van der Waals surface area (Å²) in [5.74, 6) is 1.34. The minimum Gasteiger partial charge on any atom is -0.455 e. The number of hydrogen-bond donors (Lipinski definition) is 2. The number of thiocarbonyl (C=S) groups is 1. The fourth-order valence-electron chi connectivity index (χ4n) is 1.44. The maximum Gasteiger partial charge on any atom is 0.168 e. The summed E-state index contributed by atoms with van der Waals surface area (Å²) in [4.78, 5) is 0. The van der Waals surface area contributed by atoms with Crippen LogP contribution < -0.4 is 15.8 Å². The number of nitrogens with two attached hydrogens (primary N) is 1. The van der Waals surface area contributed by atoms with Gasteiger partial charge in [0, 0.05) is 5.02 Å². The molecule has 0 bridgehead atoms. The van der Waals surface area contributed by atoms with Crippen LogP contribution in [-0.4, -0.2) is 5.11 Å². The van der Waals surface area contributed by atoms with E-state index in [-0.39, 0.29) is 5.11 Å². The van der Waals surface area contributed by atoms with Crippen molar-refractivity contribution < 1.29 is 4.74 Å². The fraction of sp³-hybridized carbons (Fsp3) is 0. The Balaban J connectivity index is 2.29. The van der Waals surface area contributed by atoms with Gasteiger partial charge in [-0.15, -0.1) is 0 Å². The first-order valence-corrected chi connectivity index (χ1v) is 6.02. The molecule has 0 unspecified atom stereocenters. The molecule has 3 N–H and O–H groups in total. The number of hydrogen-bond acceptors (Lipinski definition) is 2. The first-order valence-electron chi connectivity index (χ1n) is 5.24. The number of benzene rings is 2. The van der Waals surface area contributed by atoms with Crippen molar-refractivity contribution in [1.82, 2.24) is 0 Å². The first-order chi connectivity index (χ1) is 8.65. The van der Waals surface area contributed by atoms with Crippen molar-refractivity contribution in [1.29, 1.82) is 0 Å². The second-order valence-electron chi connectivity index (χ2n) is 3.54. The monoisotopic (exact) mass is 278 g/mol. The Kier molecular flexibility index (Phi) is 4.02. The van der Waals surface area contributed by atoms with Gasteiger partial charge in [-0.1, -0.05) is 29.8 Å². The number of rotatable bonds is 3. The van der Waals surface area contributed by atoms with Crippen LogP contribution in [0, 0.1) is 0 Å². The van der Waals surface area contributed by atoms with Crippen LogP contribution in [0.2, 0.25) is 5.02 Å². The topological polar surface area (TPSA) is 47.3 Å². The molecule has 0 saturated heterocycles. The van der Waals surface area contributed by atoms with Crippen LogP contribution in [0.15, 0.2) is 48.5 Å². The minimum atomic E-state index is 0.162. The summed E-state index contributed by atoms with van der Waals surface area (Å²) in [5, 5.41) is 3.57. The largest absolute Gasteiger partial charge is 0.455 e. The highest BCUT2D eigenvalue weighted by atomic mass is 35.5. The van der Waals surface area contributed by atoms with Crippen molar-refractivity contribution in [3.8, 4) is 11.5 Å². The van der Waals surface area contributed by atoms with Gasteiger partial charge in [0.1, 0.15) is 5.75 Å². The van der Waals surface area contributed by atoms with Crippen molar-refractivity contribution in [2.45, 2.75) is 0 Å². The highest BCUT2D eigenvalue weighted by molar-refractivity contribution is 7.80.